The van der Waals surface area contributed by atoms with Crippen molar-refractivity contribution >= 4 is 16.1 Å². The van der Waals surface area contributed by atoms with Gasteiger partial charge in [0.1, 0.15) is 6.10 Å². The molecule has 1 saturated carbocycles. The zero-order valence-electron chi connectivity index (χ0n) is 15.8. The third-order valence-electron chi connectivity index (χ3n) is 4.69. The minimum absolute atomic E-state index is 0.0523. The first kappa shape index (κ1) is 19.6. The first-order chi connectivity index (χ1) is 12.9. The molecule has 0 radical (unpaired) electrons. The quantitative estimate of drug-likeness (QED) is 0.815. The highest BCUT2D eigenvalue weighted by atomic mass is 32.2. The van der Waals surface area contributed by atoms with Crippen molar-refractivity contribution in [1.82, 2.24) is 9.71 Å². The summed E-state index contributed by atoms with van der Waals surface area (Å²) in [5.74, 6) is 0.630. The summed E-state index contributed by atoms with van der Waals surface area (Å²) >= 11 is 0. The zero-order valence-corrected chi connectivity index (χ0v) is 16.6. The summed E-state index contributed by atoms with van der Waals surface area (Å²) in [7, 11) is -3.45. The molecule has 3 rings (SSSR count). The van der Waals surface area contributed by atoms with Crippen LogP contribution in [0.25, 0.3) is 6.08 Å². The van der Waals surface area contributed by atoms with Crippen molar-refractivity contribution in [2.24, 2.45) is 0 Å². The fourth-order valence-electron chi connectivity index (χ4n) is 3.11. The van der Waals surface area contributed by atoms with Gasteiger partial charge in [0, 0.05) is 23.7 Å². The monoisotopic (exact) mass is 386 g/mol. The number of hydrogen-bond acceptors (Lipinski definition) is 4. The molecule has 27 heavy (non-hydrogen) atoms. The summed E-state index contributed by atoms with van der Waals surface area (Å²) < 4.78 is 33.3. The molecule has 0 aliphatic heterocycles. The van der Waals surface area contributed by atoms with Gasteiger partial charge in [0.2, 0.25) is 15.9 Å². The summed E-state index contributed by atoms with van der Waals surface area (Å²) in [6.45, 7) is 3.99. The second-order valence-corrected chi connectivity index (χ2v) is 8.74. The van der Waals surface area contributed by atoms with Gasteiger partial charge in [-0.25, -0.2) is 18.1 Å². The van der Waals surface area contributed by atoms with Crippen molar-refractivity contribution in [3.05, 3.63) is 64.7 Å². The molecule has 5 nitrogen and oxygen atoms in total. The molecule has 1 aliphatic carbocycles. The van der Waals surface area contributed by atoms with Crippen LogP contribution < -0.4 is 9.46 Å². The van der Waals surface area contributed by atoms with E-state index in [1.54, 1.807) is 12.3 Å². The van der Waals surface area contributed by atoms with Crippen LogP contribution in [0, 0.1) is 13.8 Å². The first-order valence-electron chi connectivity index (χ1n) is 9.26. The average molecular weight is 387 g/mol. The van der Waals surface area contributed by atoms with Crippen LogP contribution in [-0.2, 0) is 10.0 Å². The van der Waals surface area contributed by atoms with Crippen LogP contribution in [0.4, 0.5) is 0 Å². The minimum atomic E-state index is -3.45. The van der Waals surface area contributed by atoms with Gasteiger partial charge in [0.05, 0.1) is 0 Å². The molecule has 1 fully saturated rings. The molecule has 0 saturated heterocycles. The fourth-order valence-corrected chi connectivity index (χ4v) is 4.23. The summed E-state index contributed by atoms with van der Waals surface area (Å²) in [6.07, 6.45) is 6.63. The molecule has 1 heterocycles. The Morgan fingerprint density at radius 1 is 1.00 bits per heavy atom. The van der Waals surface area contributed by atoms with E-state index < -0.39 is 10.0 Å². The lowest BCUT2D eigenvalue weighted by atomic mass is 9.94. The molecule has 144 valence electrons. The Morgan fingerprint density at radius 2 is 1.67 bits per heavy atom. The molecule has 0 amide bonds. The van der Waals surface area contributed by atoms with Crippen LogP contribution in [0.5, 0.6) is 5.88 Å². The van der Waals surface area contributed by atoms with Gasteiger partial charge in [-0.3, -0.25) is 0 Å². The molecule has 1 aromatic carbocycles. The van der Waals surface area contributed by atoms with E-state index >= 15 is 0 Å². The molecule has 0 unspecified atom stereocenters. The third-order valence-corrected chi connectivity index (χ3v) is 5.85. The normalized spacial score (nSPS) is 20.7. The van der Waals surface area contributed by atoms with Crippen molar-refractivity contribution in [3.63, 3.8) is 0 Å². The second-order valence-electron chi connectivity index (χ2n) is 7.14. The van der Waals surface area contributed by atoms with Gasteiger partial charge in [-0.05, 0) is 56.7 Å². The Labute approximate surface area is 161 Å². The second kappa shape index (κ2) is 8.67. The molecule has 1 aliphatic rings. The summed E-state index contributed by atoms with van der Waals surface area (Å²) in [5, 5.41) is 1.25. The molecular weight excluding hydrogens is 360 g/mol. The van der Waals surface area contributed by atoms with Gasteiger partial charge in [-0.2, -0.15) is 0 Å². The van der Waals surface area contributed by atoms with Gasteiger partial charge < -0.3 is 4.74 Å². The van der Waals surface area contributed by atoms with Crippen molar-refractivity contribution in [2.75, 3.05) is 0 Å². The van der Waals surface area contributed by atoms with Gasteiger partial charge in [0.15, 0.2) is 0 Å². The number of hydrogen-bond donors (Lipinski definition) is 1. The maximum Gasteiger partial charge on any atom is 0.233 e. The molecule has 0 spiro atoms. The van der Waals surface area contributed by atoms with E-state index in [0.29, 0.717) is 5.88 Å². The van der Waals surface area contributed by atoms with E-state index in [1.807, 2.05) is 50.2 Å². The molecule has 6 heteroatoms. The lowest BCUT2D eigenvalue weighted by Crippen LogP contribution is -2.38. The fraction of sp³-hybridized carbons (Fsp3) is 0.381. The standard InChI is InChI=1S/C21H26N2O3S/c1-16-3-6-18(7-4-16)13-14-27(24,25)23-19-8-10-20(11-9-19)26-21-12-5-17(2)15-22-21/h3-7,12-15,19-20,23H,8-11H2,1-2H3/b14-13+. The third kappa shape index (κ3) is 6.19. The number of benzene rings is 1. The Bertz CT molecular complexity index is 867. The minimum Gasteiger partial charge on any atom is -0.474 e. The van der Waals surface area contributed by atoms with Crippen LogP contribution in [0.15, 0.2) is 48.0 Å². The average Bonchev–Trinajstić information content (AvgIpc) is 2.65. The molecule has 2 aromatic rings. The number of nitrogens with zero attached hydrogens (tertiary/aromatic N) is 1. The van der Waals surface area contributed by atoms with Crippen LogP contribution >= 0.6 is 0 Å². The lowest BCUT2D eigenvalue weighted by Gasteiger charge is -2.28. The first-order valence-corrected chi connectivity index (χ1v) is 10.8. The molecule has 1 aromatic heterocycles. The topological polar surface area (TPSA) is 68.3 Å². The summed E-state index contributed by atoms with van der Waals surface area (Å²) in [5.41, 5.74) is 3.11. The van der Waals surface area contributed by atoms with Gasteiger partial charge >= 0.3 is 0 Å². The Hall–Kier alpha value is -2.18. The zero-order chi connectivity index (χ0) is 19.3. The molecule has 0 atom stereocenters. The Balaban J connectivity index is 1.49. The van der Waals surface area contributed by atoms with E-state index in [4.69, 9.17) is 4.74 Å². The smallest absolute Gasteiger partial charge is 0.233 e. The van der Waals surface area contributed by atoms with E-state index in [0.717, 1.165) is 42.4 Å². The largest absolute Gasteiger partial charge is 0.474 e. The number of nitrogens with one attached hydrogen (secondary N) is 1. The maximum absolute atomic E-state index is 12.3. The highest BCUT2D eigenvalue weighted by molar-refractivity contribution is 7.92. The van der Waals surface area contributed by atoms with Crippen molar-refractivity contribution in [3.8, 4) is 5.88 Å². The van der Waals surface area contributed by atoms with E-state index in [-0.39, 0.29) is 12.1 Å². The van der Waals surface area contributed by atoms with Crippen LogP contribution in [0.1, 0.15) is 42.4 Å². The van der Waals surface area contributed by atoms with Gasteiger partial charge in [-0.1, -0.05) is 35.9 Å². The Morgan fingerprint density at radius 3 is 2.30 bits per heavy atom. The SMILES string of the molecule is Cc1ccc(/C=C/S(=O)(=O)NC2CCC(Oc3ccc(C)cn3)CC2)cc1. The van der Waals surface area contributed by atoms with E-state index in [1.165, 1.54) is 5.41 Å². The van der Waals surface area contributed by atoms with E-state index in [2.05, 4.69) is 9.71 Å². The highest BCUT2D eigenvalue weighted by Crippen LogP contribution is 2.23. The molecule has 1 N–H and O–H groups in total. The number of aryl methyl sites for hydroxylation is 2. The van der Waals surface area contributed by atoms with Gasteiger partial charge in [0.25, 0.3) is 0 Å². The lowest BCUT2D eigenvalue weighted by molar-refractivity contribution is 0.138. The summed E-state index contributed by atoms with van der Waals surface area (Å²) in [6, 6.07) is 11.5. The highest BCUT2D eigenvalue weighted by Gasteiger charge is 2.25. The van der Waals surface area contributed by atoms with E-state index in [9.17, 15) is 8.42 Å². The van der Waals surface area contributed by atoms with Crippen LogP contribution in [0.3, 0.4) is 0 Å². The Kier molecular flexibility index (Phi) is 6.29. The number of aromatic nitrogens is 1. The van der Waals surface area contributed by atoms with Crippen molar-refractivity contribution in [2.45, 2.75) is 51.7 Å². The van der Waals surface area contributed by atoms with Crippen LogP contribution in [-0.4, -0.2) is 25.5 Å². The molecule has 0 bridgehead atoms. The number of sulfonamides is 1. The van der Waals surface area contributed by atoms with Crippen molar-refractivity contribution < 1.29 is 13.2 Å². The number of rotatable bonds is 6. The van der Waals surface area contributed by atoms with Gasteiger partial charge in [-0.15, -0.1) is 0 Å². The van der Waals surface area contributed by atoms with Crippen LogP contribution in [0.2, 0.25) is 0 Å². The predicted octanol–water partition coefficient (Wildman–Crippen LogP) is 3.98. The summed E-state index contributed by atoms with van der Waals surface area (Å²) in [4.78, 5) is 4.27. The predicted molar refractivity (Wildman–Crippen MR) is 108 cm³/mol. The number of pyridine rings is 1. The molecular formula is C21H26N2O3S. The maximum atomic E-state index is 12.3. The number of ether oxygens (including phenoxy) is 1. The van der Waals surface area contributed by atoms with Crippen molar-refractivity contribution in [1.29, 1.82) is 0 Å².